The molecule has 1 saturated heterocycles. The zero-order valence-electron chi connectivity index (χ0n) is 13.3. The minimum Gasteiger partial charge on any atom is -0.545 e. The Balaban J connectivity index is 1.81. The van der Waals surface area contributed by atoms with Crippen molar-refractivity contribution in [3.05, 3.63) is 58.6 Å². The smallest absolute Gasteiger partial charge is 0.256 e. The topological polar surface area (TPSA) is 89.5 Å². The minimum absolute atomic E-state index is 0.00697. The van der Waals surface area contributed by atoms with Gasteiger partial charge in [-0.3, -0.25) is 9.59 Å². The van der Waals surface area contributed by atoms with Crippen LogP contribution in [0.1, 0.15) is 22.3 Å². The molecule has 1 aliphatic heterocycles. The van der Waals surface area contributed by atoms with Crippen LogP contribution in [0.5, 0.6) is 0 Å². The quantitative estimate of drug-likeness (QED) is 0.842. The van der Waals surface area contributed by atoms with Crippen LogP contribution in [0, 0.1) is 6.92 Å². The predicted molar refractivity (Wildman–Crippen MR) is 91.5 cm³/mol. The number of nitrogens with zero attached hydrogens (tertiary/aromatic N) is 1. The van der Waals surface area contributed by atoms with Gasteiger partial charge in [-0.15, -0.1) is 0 Å². The fraction of sp³-hybridized carbons (Fsp3) is 0.167. The number of imide groups is 1. The Morgan fingerprint density at radius 2 is 1.88 bits per heavy atom. The monoisotopic (exact) mass is 357 g/mol. The number of carboxylic acid groups (broad SMARTS) is 1. The Bertz CT molecular complexity index is 864. The predicted octanol–water partition coefficient (Wildman–Crippen LogP) is 1.76. The number of carboxylic acids is 1. The van der Waals surface area contributed by atoms with E-state index in [0.717, 1.165) is 4.90 Å². The molecule has 3 rings (SSSR count). The van der Waals surface area contributed by atoms with Gasteiger partial charge in [0.15, 0.2) is 0 Å². The standard InChI is InChI=1S/C18H15ClN2O4/c1-10-13(19)3-2-4-15(10)21-16(22)9-14(17(21)23)20-12-7-5-11(6-8-12)18(24)25/h2-8,14,20H,9H2,1H3,(H,24,25)/p-1/t14-/m1/s1. The second kappa shape index (κ2) is 6.57. The molecule has 1 atom stereocenters. The molecule has 25 heavy (non-hydrogen) atoms. The van der Waals surface area contributed by atoms with E-state index in [2.05, 4.69) is 5.32 Å². The molecule has 1 fully saturated rings. The zero-order chi connectivity index (χ0) is 18.1. The lowest BCUT2D eigenvalue weighted by molar-refractivity contribution is -0.255. The summed E-state index contributed by atoms with van der Waals surface area (Å²) in [6, 6.07) is 10.1. The highest BCUT2D eigenvalue weighted by Crippen LogP contribution is 2.31. The molecule has 0 spiro atoms. The Kier molecular flexibility index (Phi) is 4.46. The number of halogens is 1. The van der Waals surface area contributed by atoms with E-state index in [9.17, 15) is 19.5 Å². The van der Waals surface area contributed by atoms with Gasteiger partial charge in [0.1, 0.15) is 6.04 Å². The fourth-order valence-electron chi connectivity index (χ4n) is 2.74. The molecule has 128 valence electrons. The van der Waals surface area contributed by atoms with Crippen molar-refractivity contribution in [3.8, 4) is 0 Å². The number of benzene rings is 2. The fourth-order valence-corrected chi connectivity index (χ4v) is 2.91. The first-order valence-electron chi connectivity index (χ1n) is 7.58. The summed E-state index contributed by atoms with van der Waals surface area (Å²) in [6.07, 6.45) is 0.00697. The highest BCUT2D eigenvalue weighted by Gasteiger charge is 2.40. The van der Waals surface area contributed by atoms with Crippen molar-refractivity contribution in [2.75, 3.05) is 10.2 Å². The summed E-state index contributed by atoms with van der Waals surface area (Å²) >= 11 is 6.08. The molecular formula is C18H14ClN2O4-. The van der Waals surface area contributed by atoms with Gasteiger partial charge in [-0.25, -0.2) is 4.90 Å². The third-order valence-corrected chi connectivity index (χ3v) is 4.50. The van der Waals surface area contributed by atoms with Gasteiger partial charge in [-0.2, -0.15) is 0 Å². The van der Waals surface area contributed by atoms with Crippen LogP contribution in [0.15, 0.2) is 42.5 Å². The molecule has 0 aromatic heterocycles. The van der Waals surface area contributed by atoms with Gasteiger partial charge in [0, 0.05) is 10.7 Å². The van der Waals surface area contributed by atoms with E-state index >= 15 is 0 Å². The minimum atomic E-state index is -1.28. The van der Waals surface area contributed by atoms with Gasteiger partial charge >= 0.3 is 0 Å². The molecule has 2 aromatic carbocycles. The van der Waals surface area contributed by atoms with E-state index in [1.54, 1.807) is 25.1 Å². The van der Waals surface area contributed by atoms with E-state index < -0.39 is 12.0 Å². The summed E-state index contributed by atoms with van der Waals surface area (Å²) in [4.78, 5) is 36.9. The van der Waals surface area contributed by atoms with E-state index in [4.69, 9.17) is 11.6 Å². The lowest BCUT2D eigenvalue weighted by atomic mass is 10.1. The van der Waals surface area contributed by atoms with Crippen molar-refractivity contribution in [3.63, 3.8) is 0 Å². The summed E-state index contributed by atoms with van der Waals surface area (Å²) in [5, 5.41) is 14.2. The first-order chi connectivity index (χ1) is 11.9. The Morgan fingerprint density at radius 3 is 2.52 bits per heavy atom. The van der Waals surface area contributed by atoms with Crippen molar-refractivity contribution in [1.29, 1.82) is 0 Å². The van der Waals surface area contributed by atoms with Gasteiger partial charge in [0.05, 0.1) is 18.1 Å². The van der Waals surface area contributed by atoms with Crippen molar-refractivity contribution < 1.29 is 19.5 Å². The van der Waals surface area contributed by atoms with E-state index in [-0.39, 0.29) is 23.8 Å². The van der Waals surface area contributed by atoms with Gasteiger partial charge < -0.3 is 15.2 Å². The van der Waals surface area contributed by atoms with Gasteiger partial charge in [-0.05, 0) is 42.3 Å². The van der Waals surface area contributed by atoms with Gasteiger partial charge in [0.2, 0.25) is 5.91 Å². The van der Waals surface area contributed by atoms with E-state index in [1.807, 2.05) is 0 Å². The maximum Gasteiger partial charge on any atom is 0.256 e. The first kappa shape index (κ1) is 17.0. The van der Waals surface area contributed by atoms with Gasteiger partial charge in [0.25, 0.3) is 5.91 Å². The van der Waals surface area contributed by atoms with Crippen LogP contribution < -0.4 is 15.3 Å². The molecule has 1 N–H and O–H groups in total. The molecule has 2 amide bonds. The van der Waals surface area contributed by atoms with Crippen molar-refractivity contribution >= 4 is 40.8 Å². The average molecular weight is 358 g/mol. The SMILES string of the molecule is Cc1c(Cl)cccc1N1C(=O)C[C@@H](Nc2ccc(C(=O)[O-])cc2)C1=O. The molecule has 0 radical (unpaired) electrons. The van der Waals surface area contributed by atoms with E-state index in [0.29, 0.717) is 22.0 Å². The largest absolute Gasteiger partial charge is 0.545 e. The second-order valence-electron chi connectivity index (χ2n) is 5.72. The highest BCUT2D eigenvalue weighted by molar-refractivity contribution is 6.32. The highest BCUT2D eigenvalue weighted by atomic mass is 35.5. The molecule has 1 heterocycles. The number of carbonyl (C=O) groups excluding carboxylic acids is 3. The third-order valence-electron chi connectivity index (χ3n) is 4.09. The Labute approximate surface area is 149 Å². The number of anilines is 2. The van der Waals surface area contributed by atoms with E-state index in [1.165, 1.54) is 24.3 Å². The van der Waals surface area contributed by atoms with Crippen LogP contribution in [0.2, 0.25) is 5.02 Å². The molecule has 0 saturated carbocycles. The maximum atomic E-state index is 12.7. The molecule has 2 aromatic rings. The van der Waals surface area contributed by atoms with Crippen LogP contribution in [0.3, 0.4) is 0 Å². The number of hydrogen-bond donors (Lipinski definition) is 1. The molecule has 6 nitrogen and oxygen atoms in total. The number of aromatic carboxylic acids is 1. The average Bonchev–Trinajstić information content (AvgIpc) is 2.85. The Morgan fingerprint density at radius 1 is 1.20 bits per heavy atom. The summed E-state index contributed by atoms with van der Waals surface area (Å²) in [7, 11) is 0. The normalized spacial score (nSPS) is 17.0. The first-order valence-corrected chi connectivity index (χ1v) is 7.96. The third kappa shape index (κ3) is 3.21. The molecule has 1 aliphatic rings. The summed E-state index contributed by atoms with van der Waals surface area (Å²) in [5.41, 5.74) is 1.71. The van der Waals surface area contributed by atoms with Crippen LogP contribution in [0.25, 0.3) is 0 Å². The molecule has 7 heteroatoms. The number of carbonyl (C=O) groups is 3. The van der Waals surface area contributed by atoms with Crippen LogP contribution in [-0.4, -0.2) is 23.8 Å². The number of nitrogens with one attached hydrogen (secondary N) is 1. The van der Waals surface area contributed by atoms with Crippen LogP contribution in [-0.2, 0) is 9.59 Å². The van der Waals surface area contributed by atoms with Crippen molar-refractivity contribution in [2.24, 2.45) is 0 Å². The Hall–Kier alpha value is -2.86. The number of amides is 2. The second-order valence-corrected chi connectivity index (χ2v) is 6.12. The summed E-state index contributed by atoms with van der Waals surface area (Å²) < 4.78 is 0. The number of hydrogen-bond acceptors (Lipinski definition) is 5. The molecule has 0 bridgehead atoms. The van der Waals surface area contributed by atoms with Crippen LogP contribution in [0.4, 0.5) is 11.4 Å². The van der Waals surface area contributed by atoms with Gasteiger partial charge in [-0.1, -0.05) is 29.8 Å². The lowest BCUT2D eigenvalue weighted by Gasteiger charge is -2.18. The zero-order valence-corrected chi connectivity index (χ0v) is 14.0. The molecule has 0 aliphatic carbocycles. The lowest BCUT2D eigenvalue weighted by Crippen LogP contribution is -2.35. The molecule has 0 unspecified atom stereocenters. The van der Waals surface area contributed by atoms with Crippen molar-refractivity contribution in [2.45, 2.75) is 19.4 Å². The maximum absolute atomic E-state index is 12.7. The summed E-state index contributed by atoms with van der Waals surface area (Å²) in [5.74, 6) is -1.97. The number of rotatable bonds is 4. The summed E-state index contributed by atoms with van der Waals surface area (Å²) in [6.45, 7) is 1.75. The van der Waals surface area contributed by atoms with Crippen LogP contribution >= 0.6 is 11.6 Å². The van der Waals surface area contributed by atoms with Crippen molar-refractivity contribution in [1.82, 2.24) is 0 Å². The molecular weight excluding hydrogens is 344 g/mol.